The molecule has 2 aromatic rings. The third-order valence-electron chi connectivity index (χ3n) is 4.58. The van der Waals surface area contributed by atoms with Gasteiger partial charge >= 0.3 is 0 Å². The lowest BCUT2D eigenvalue weighted by molar-refractivity contribution is 0.0897. The van der Waals surface area contributed by atoms with Crippen LogP contribution in [0.5, 0.6) is 0 Å². The molecule has 0 saturated heterocycles. The second-order valence-corrected chi connectivity index (χ2v) is 6.41. The minimum absolute atomic E-state index is 0.00778. The molecule has 132 valence electrons. The van der Waals surface area contributed by atoms with Crippen LogP contribution in [-0.2, 0) is 4.74 Å². The van der Waals surface area contributed by atoms with E-state index in [1.54, 1.807) is 12.1 Å². The number of benzene rings is 2. The molecule has 0 unspecified atom stereocenters. The van der Waals surface area contributed by atoms with Gasteiger partial charge in [-0.25, -0.2) is 4.39 Å². The smallest absolute Gasteiger partial charge is 0.229 e. The molecule has 2 aliphatic rings. The molecule has 7 heteroatoms. The van der Waals surface area contributed by atoms with E-state index >= 15 is 0 Å². The monoisotopic (exact) mass is 380 g/mol. The van der Waals surface area contributed by atoms with Crippen molar-refractivity contribution in [2.24, 2.45) is 5.73 Å². The largest absolute Gasteiger partial charge is 0.436 e. The van der Waals surface area contributed by atoms with E-state index in [1.165, 1.54) is 24.3 Å². The maximum atomic E-state index is 14.6. The molecule has 1 heterocycles. The molecule has 0 aromatic heterocycles. The number of ether oxygens (including phenoxy) is 1. The minimum Gasteiger partial charge on any atom is -0.436 e. The summed E-state index contributed by atoms with van der Waals surface area (Å²) in [4.78, 5) is 26.0. The molecule has 0 amide bonds. The van der Waals surface area contributed by atoms with Gasteiger partial charge < -0.3 is 10.5 Å². The maximum Gasteiger partial charge on any atom is 0.229 e. The van der Waals surface area contributed by atoms with Crippen LogP contribution >= 0.6 is 11.6 Å². The van der Waals surface area contributed by atoms with Crippen molar-refractivity contribution in [1.29, 1.82) is 5.26 Å². The second-order valence-electron chi connectivity index (χ2n) is 6.01. The summed E-state index contributed by atoms with van der Waals surface area (Å²) < 4.78 is 20.0. The average Bonchev–Trinajstić information content (AvgIpc) is 2.65. The molecule has 4 rings (SSSR count). The first-order valence-electron chi connectivity index (χ1n) is 7.89. The highest BCUT2D eigenvalue weighted by Crippen LogP contribution is 2.46. The lowest BCUT2D eigenvalue weighted by Crippen LogP contribution is -2.32. The first-order chi connectivity index (χ1) is 13.0. The van der Waals surface area contributed by atoms with Gasteiger partial charge in [0.1, 0.15) is 17.5 Å². The summed E-state index contributed by atoms with van der Waals surface area (Å²) in [6.07, 6.45) is 0. The number of hydrogen-bond acceptors (Lipinski definition) is 5. The molecule has 0 spiro atoms. The highest BCUT2D eigenvalue weighted by atomic mass is 35.5. The van der Waals surface area contributed by atoms with E-state index in [0.717, 1.165) is 6.07 Å². The van der Waals surface area contributed by atoms with E-state index in [4.69, 9.17) is 22.1 Å². The van der Waals surface area contributed by atoms with Crippen LogP contribution in [0.2, 0.25) is 5.02 Å². The van der Waals surface area contributed by atoms with Crippen LogP contribution in [-0.4, -0.2) is 11.6 Å². The van der Waals surface area contributed by atoms with Crippen molar-refractivity contribution >= 4 is 23.2 Å². The minimum atomic E-state index is -1.24. The fourth-order valence-corrected chi connectivity index (χ4v) is 3.65. The summed E-state index contributed by atoms with van der Waals surface area (Å²) in [6.45, 7) is 0. The van der Waals surface area contributed by atoms with Gasteiger partial charge in [0.25, 0.3) is 0 Å². The van der Waals surface area contributed by atoms with Gasteiger partial charge in [-0.2, -0.15) is 5.26 Å². The van der Waals surface area contributed by atoms with Gasteiger partial charge in [0.2, 0.25) is 11.7 Å². The zero-order valence-corrected chi connectivity index (χ0v) is 14.4. The SMILES string of the molecule is N#CC1=C(N)OC2=C(C(=O)c3ccccc3C2=O)[C@H]1c1c(F)cccc1Cl. The van der Waals surface area contributed by atoms with E-state index in [0.29, 0.717) is 0 Å². The zero-order valence-electron chi connectivity index (χ0n) is 13.6. The number of nitriles is 1. The number of ketones is 2. The molecular weight excluding hydrogens is 371 g/mol. The summed E-state index contributed by atoms with van der Waals surface area (Å²) in [6, 6.07) is 12.1. The van der Waals surface area contributed by atoms with Gasteiger partial charge in [-0.1, -0.05) is 41.9 Å². The van der Waals surface area contributed by atoms with Crippen molar-refractivity contribution in [3.63, 3.8) is 0 Å². The van der Waals surface area contributed by atoms with E-state index in [-0.39, 0.29) is 44.5 Å². The van der Waals surface area contributed by atoms with E-state index in [1.807, 2.05) is 6.07 Å². The number of hydrogen-bond donors (Lipinski definition) is 1. The van der Waals surface area contributed by atoms with Crippen LogP contribution in [0.1, 0.15) is 32.2 Å². The normalized spacial score (nSPS) is 18.6. The molecule has 1 aliphatic heterocycles. The van der Waals surface area contributed by atoms with Gasteiger partial charge in [0.15, 0.2) is 11.5 Å². The van der Waals surface area contributed by atoms with Crippen LogP contribution in [0.3, 0.4) is 0 Å². The van der Waals surface area contributed by atoms with E-state index in [9.17, 15) is 19.2 Å². The van der Waals surface area contributed by atoms with Gasteiger partial charge in [-0.05, 0) is 12.1 Å². The Morgan fingerprint density at radius 1 is 1.07 bits per heavy atom. The number of halogens is 2. The van der Waals surface area contributed by atoms with E-state index in [2.05, 4.69) is 0 Å². The number of allylic oxidation sites excluding steroid dienone is 3. The molecule has 27 heavy (non-hydrogen) atoms. The molecular formula is C20H10ClFN2O3. The first kappa shape index (κ1) is 17.0. The molecule has 0 saturated carbocycles. The highest BCUT2D eigenvalue weighted by Gasteiger charge is 2.45. The van der Waals surface area contributed by atoms with Gasteiger partial charge in [0.05, 0.1) is 11.5 Å². The number of nitrogens with zero attached hydrogens (tertiary/aromatic N) is 1. The second kappa shape index (κ2) is 6.08. The fourth-order valence-electron chi connectivity index (χ4n) is 3.38. The Morgan fingerprint density at radius 2 is 1.74 bits per heavy atom. The van der Waals surface area contributed by atoms with Gasteiger partial charge in [0, 0.05) is 21.7 Å². The fraction of sp³-hybridized carbons (Fsp3) is 0.0500. The van der Waals surface area contributed by atoms with Crippen LogP contribution in [0.4, 0.5) is 4.39 Å². The van der Waals surface area contributed by atoms with Crippen molar-refractivity contribution in [3.8, 4) is 6.07 Å². The van der Waals surface area contributed by atoms with Crippen LogP contribution < -0.4 is 5.73 Å². The number of nitrogens with two attached hydrogens (primary N) is 1. The first-order valence-corrected chi connectivity index (χ1v) is 8.27. The van der Waals surface area contributed by atoms with Crippen LogP contribution in [0.25, 0.3) is 0 Å². The Labute approximate surface area is 158 Å². The number of Topliss-reactive ketones (excluding diaryl/α,β-unsaturated/α-hetero) is 2. The molecule has 0 bridgehead atoms. The zero-order chi connectivity index (χ0) is 19.3. The maximum absolute atomic E-state index is 14.6. The van der Waals surface area contributed by atoms with Crippen LogP contribution in [0.15, 0.2) is 65.3 Å². The summed E-state index contributed by atoms with van der Waals surface area (Å²) in [5, 5.41) is 9.57. The number of carbonyl (C=O) groups is 2. The Kier molecular flexibility index (Phi) is 3.83. The summed E-state index contributed by atoms with van der Waals surface area (Å²) in [5.41, 5.74) is 5.71. The quantitative estimate of drug-likeness (QED) is 0.815. The topological polar surface area (TPSA) is 93.2 Å². The summed E-state index contributed by atoms with van der Waals surface area (Å²) in [5.74, 6) is -3.72. The Morgan fingerprint density at radius 3 is 2.37 bits per heavy atom. The number of carbonyl (C=O) groups excluding carboxylic acids is 2. The van der Waals surface area contributed by atoms with Crippen molar-refractivity contribution in [1.82, 2.24) is 0 Å². The third-order valence-corrected chi connectivity index (χ3v) is 4.91. The van der Waals surface area contributed by atoms with Crippen LogP contribution in [0, 0.1) is 17.1 Å². The molecule has 1 aliphatic carbocycles. The standard InChI is InChI=1S/C20H10ClFN2O3/c21-12-6-3-7-13(22)15(12)14-11(8-23)20(24)27-19-16(14)17(25)9-4-1-2-5-10(9)18(19)26/h1-7,14H,24H2/t14-/m1/s1. The average molecular weight is 381 g/mol. The van der Waals surface area contributed by atoms with Crippen molar-refractivity contribution in [2.45, 2.75) is 5.92 Å². The predicted molar refractivity (Wildman–Crippen MR) is 94.2 cm³/mol. The summed E-state index contributed by atoms with van der Waals surface area (Å²) >= 11 is 6.18. The molecule has 5 nitrogen and oxygen atoms in total. The lowest BCUT2D eigenvalue weighted by atomic mass is 9.75. The van der Waals surface area contributed by atoms with Gasteiger partial charge in [-0.3, -0.25) is 9.59 Å². The summed E-state index contributed by atoms with van der Waals surface area (Å²) in [7, 11) is 0. The lowest BCUT2D eigenvalue weighted by Gasteiger charge is -2.31. The molecule has 1 atom stereocenters. The number of rotatable bonds is 1. The van der Waals surface area contributed by atoms with Gasteiger partial charge in [-0.15, -0.1) is 0 Å². The van der Waals surface area contributed by atoms with E-state index < -0.39 is 23.3 Å². The van der Waals surface area contributed by atoms with Crippen molar-refractivity contribution < 1.29 is 18.7 Å². The third kappa shape index (κ3) is 2.36. The Hall–Kier alpha value is -3.43. The highest BCUT2D eigenvalue weighted by molar-refractivity contribution is 6.32. The Bertz CT molecular complexity index is 1120. The Balaban J connectivity index is 2.04. The molecule has 0 fully saturated rings. The molecule has 0 radical (unpaired) electrons. The van der Waals surface area contributed by atoms with Crippen molar-refractivity contribution in [3.05, 3.63) is 92.8 Å². The molecule has 2 aromatic carbocycles. The van der Waals surface area contributed by atoms with Crippen molar-refractivity contribution in [2.75, 3.05) is 0 Å². The number of fused-ring (bicyclic) bond motifs is 1. The predicted octanol–water partition coefficient (Wildman–Crippen LogP) is 3.62. The molecule has 2 N–H and O–H groups in total.